The third-order valence-corrected chi connectivity index (χ3v) is 7.77. The second-order valence-corrected chi connectivity index (χ2v) is 10.5. The van der Waals surface area contributed by atoms with Gasteiger partial charge in [-0.2, -0.15) is 0 Å². The van der Waals surface area contributed by atoms with E-state index in [4.69, 9.17) is 4.74 Å². The van der Waals surface area contributed by atoms with Gasteiger partial charge in [-0.05, 0) is 29.8 Å². The van der Waals surface area contributed by atoms with Gasteiger partial charge in [0.2, 0.25) is 5.78 Å². The summed E-state index contributed by atoms with van der Waals surface area (Å²) in [5, 5.41) is 9.55. The number of Topliss-reactive ketones (excluding diaryl/α,β-unsaturated/α-hetero) is 1. The topological polar surface area (TPSA) is 66.6 Å². The number of phenolic OH excluding ortho intramolecular Hbond substituents is 1. The average Bonchev–Trinajstić information content (AvgIpc) is 2.88. The largest absolute Gasteiger partial charge is 0.508 e. The van der Waals surface area contributed by atoms with Gasteiger partial charge in [0, 0.05) is 37.2 Å². The Balaban J connectivity index is 1.50. The SMILES string of the molecule is CCC[N+](=CC(C(=O)OC1C[N+]2(CC(=O)c3ccc(O)cc3)CCC1CC2)c1ccccc1)CCC. The third kappa shape index (κ3) is 6.22. The summed E-state index contributed by atoms with van der Waals surface area (Å²) in [4.78, 5) is 26.7. The van der Waals surface area contributed by atoms with Gasteiger partial charge >= 0.3 is 5.97 Å². The van der Waals surface area contributed by atoms with Crippen LogP contribution in [0.25, 0.3) is 0 Å². The fourth-order valence-corrected chi connectivity index (χ4v) is 5.83. The number of ether oxygens (including phenoxy) is 1. The van der Waals surface area contributed by atoms with Gasteiger partial charge in [0.05, 0.1) is 13.1 Å². The van der Waals surface area contributed by atoms with Crippen LogP contribution in [0.3, 0.4) is 0 Å². The lowest BCUT2D eigenvalue weighted by Gasteiger charge is -2.51. The first-order valence-corrected chi connectivity index (χ1v) is 13.4. The van der Waals surface area contributed by atoms with Crippen molar-refractivity contribution < 1.29 is 28.5 Å². The van der Waals surface area contributed by atoms with Crippen molar-refractivity contribution in [1.29, 1.82) is 0 Å². The van der Waals surface area contributed by atoms with Crippen molar-refractivity contribution in [3.8, 4) is 5.75 Å². The van der Waals surface area contributed by atoms with Crippen LogP contribution in [0, 0.1) is 5.92 Å². The Morgan fingerprint density at radius 3 is 2.28 bits per heavy atom. The highest BCUT2D eigenvalue weighted by molar-refractivity contribution is 5.97. The first-order valence-electron chi connectivity index (χ1n) is 13.4. The van der Waals surface area contributed by atoms with Crippen LogP contribution in [0.4, 0.5) is 0 Å². The Bertz CT molecular complexity index is 1050. The fraction of sp³-hybridized carbons (Fsp3) is 0.500. The molecule has 2 bridgehead atoms. The number of hydrogen-bond donors (Lipinski definition) is 1. The summed E-state index contributed by atoms with van der Waals surface area (Å²) >= 11 is 0. The molecule has 3 saturated heterocycles. The zero-order chi connectivity index (χ0) is 25.5. The molecule has 0 radical (unpaired) electrons. The van der Waals surface area contributed by atoms with Gasteiger partial charge in [0.15, 0.2) is 18.2 Å². The number of quaternary nitrogens is 1. The molecule has 3 heterocycles. The highest BCUT2D eigenvalue weighted by Gasteiger charge is 2.49. The van der Waals surface area contributed by atoms with Crippen molar-refractivity contribution in [2.45, 2.75) is 51.6 Å². The van der Waals surface area contributed by atoms with E-state index in [1.54, 1.807) is 24.3 Å². The number of carbonyl (C=O) groups is 2. The molecule has 3 aliphatic heterocycles. The van der Waals surface area contributed by atoms with E-state index in [0.717, 1.165) is 57.4 Å². The molecule has 2 aromatic carbocycles. The molecule has 0 aliphatic carbocycles. The van der Waals surface area contributed by atoms with E-state index >= 15 is 0 Å². The van der Waals surface area contributed by atoms with E-state index in [9.17, 15) is 14.7 Å². The number of phenols is 1. The number of piperidine rings is 3. The van der Waals surface area contributed by atoms with Crippen LogP contribution in [-0.4, -0.2) is 77.5 Å². The van der Waals surface area contributed by atoms with Gasteiger partial charge < -0.3 is 14.3 Å². The van der Waals surface area contributed by atoms with Crippen LogP contribution >= 0.6 is 0 Å². The lowest BCUT2D eigenvalue weighted by Crippen LogP contribution is -2.65. The molecule has 0 aromatic heterocycles. The van der Waals surface area contributed by atoms with Gasteiger partial charge in [-0.15, -0.1) is 0 Å². The van der Waals surface area contributed by atoms with Crippen molar-refractivity contribution in [2.75, 3.05) is 39.3 Å². The summed E-state index contributed by atoms with van der Waals surface area (Å²) in [5.74, 6) is -0.0419. The number of hydrogen-bond acceptors (Lipinski definition) is 4. The summed E-state index contributed by atoms with van der Waals surface area (Å²) in [5.41, 5.74) is 1.57. The third-order valence-electron chi connectivity index (χ3n) is 7.77. The highest BCUT2D eigenvalue weighted by Crippen LogP contribution is 2.36. The number of aromatic hydroxyl groups is 1. The number of nitrogens with zero attached hydrogens (tertiary/aromatic N) is 2. The second kappa shape index (κ2) is 11.8. The number of rotatable bonds is 11. The Labute approximate surface area is 214 Å². The Morgan fingerprint density at radius 1 is 1.03 bits per heavy atom. The van der Waals surface area contributed by atoms with Crippen molar-refractivity contribution in [1.82, 2.24) is 0 Å². The highest BCUT2D eigenvalue weighted by atomic mass is 16.5. The maximum Gasteiger partial charge on any atom is 0.324 e. The first-order chi connectivity index (χ1) is 17.4. The minimum absolute atomic E-state index is 0.0747. The number of carbonyl (C=O) groups excluding carboxylic acids is 2. The molecule has 3 fully saturated rings. The maximum absolute atomic E-state index is 13.6. The van der Waals surface area contributed by atoms with Crippen LogP contribution in [0.5, 0.6) is 5.75 Å². The quantitative estimate of drug-likeness (QED) is 0.166. The summed E-state index contributed by atoms with van der Waals surface area (Å²) in [6.45, 7) is 9.11. The molecule has 2 atom stereocenters. The van der Waals surface area contributed by atoms with Crippen molar-refractivity contribution in [3.63, 3.8) is 0 Å². The van der Waals surface area contributed by atoms with E-state index in [1.807, 2.05) is 30.3 Å². The molecule has 3 aliphatic rings. The fourth-order valence-electron chi connectivity index (χ4n) is 5.83. The Kier molecular flexibility index (Phi) is 8.57. The molecule has 0 amide bonds. The maximum atomic E-state index is 13.6. The molecular weight excluding hydrogens is 452 g/mol. The van der Waals surface area contributed by atoms with Gasteiger partial charge in [0.1, 0.15) is 31.9 Å². The molecule has 5 rings (SSSR count). The predicted molar refractivity (Wildman–Crippen MR) is 141 cm³/mol. The molecule has 0 spiro atoms. The number of fused-ring (bicyclic) bond motifs is 3. The van der Waals surface area contributed by atoms with Gasteiger partial charge in [-0.3, -0.25) is 9.59 Å². The Hall–Kier alpha value is -2.99. The van der Waals surface area contributed by atoms with Gasteiger partial charge in [-0.1, -0.05) is 44.2 Å². The summed E-state index contributed by atoms with van der Waals surface area (Å²) in [6.07, 6.45) is 5.87. The molecule has 1 N–H and O–H groups in total. The van der Waals surface area contributed by atoms with Crippen molar-refractivity contribution in [3.05, 3.63) is 65.7 Å². The second-order valence-electron chi connectivity index (χ2n) is 10.5. The molecule has 6 heteroatoms. The van der Waals surface area contributed by atoms with Crippen LogP contribution < -0.4 is 0 Å². The van der Waals surface area contributed by atoms with Crippen LogP contribution in [-0.2, 0) is 9.53 Å². The number of benzene rings is 2. The average molecular weight is 493 g/mol. The number of ketones is 1. The van der Waals surface area contributed by atoms with Crippen LogP contribution in [0.15, 0.2) is 54.6 Å². The van der Waals surface area contributed by atoms with Crippen LogP contribution in [0.2, 0.25) is 0 Å². The smallest absolute Gasteiger partial charge is 0.324 e. The van der Waals surface area contributed by atoms with Gasteiger partial charge in [-0.25, -0.2) is 4.58 Å². The zero-order valence-electron chi connectivity index (χ0n) is 21.6. The van der Waals surface area contributed by atoms with Crippen molar-refractivity contribution >= 4 is 18.0 Å². The molecular formula is C30H40N2O4+2. The zero-order valence-corrected chi connectivity index (χ0v) is 21.6. The lowest BCUT2D eigenvalue weighted by molar-refractivity contribution is -0.938. The minimum Gasteiger partial charge on any atom is -0.508 e. The van der Waals surface area contributed by atoms with E-state index in [2.05, 4.69) is 24.6 Å². The van der Waals surface area contributed by atoms with Gasteiger partial charge in [0.25, 0.3) is 0 Å². The van der Waals surface area contributed by atoms with Crippen molar-refractivity contribution in [2.24, 2.45) is 5.92 Å². The molecule has 192 valence electrons. The van der Waals surface area contributed by atoms with E-state index in [-0.39, 0.29) is 23.6 Å². The summed E-state index contributed by atoms with van der Waals surface area (Å²) in [6, 6.07) is 16.4. The monoisotopic (exact) mass is 492 g/mol. The summed E-state index contributed by atoms with van der Waals surface area (Å²) < 4.78 is 9.19. The first kappa shape index (κ1) is 26.1. The molecule has 2 aromatic rings. The summed E-state index contributed by atoms with van der Waals surface area (Å²) in [7, 11) is 0. The standard InChI is InChI=1S/C30H39N2O4/c1-3-16-31(17-4-2)20-27(23-8-6-5-7-9-23)30(35)36-29-22-32(18-14-25(29)15-19-32)21-28(34)24-10-12-26(33)13-11-24/h5-13,20,25,27,29H,3-4,14-19,21-22H2,1-2H3/q+1/p+1. The molecule has 36 heavy (non-hydrogen) atoms. The van der Waals surface area contributed by atoms with Crippen LogP contribution in [0.1, 0.15) is 61.4 Å². The van der Waals surface area contributed by atoms with E-state index < -0.39 is 5.92 Å². The molecule has 6 nitrogen and oxygen atoms in total. The molecule has 0 saturated carbocycles. The number of esters is 1. The lowest BCUT2D eigenvalue weighted by atomic mass is 9.82. The molecule has 2 unspecified atom stereocenters. The van der Waals surface area contributed by atoms with E-state index in [1.165, 1.54) is 0 Å². The van der Waals surface area contributed by atoms with E-state index in [0.29, 0.717) is 29.1 Å². The Morgan fingerprint density at radius 2 is 1.67 bits per heavy atom. The normalized spacial score (nSPS) is 23.6. The minimum atomic E-state index is -0.438. The predicted octanol–water partition coefficient (Wildman–Crippen LogP) is 4.41.